The number of hydrogen-bond acceptors (Lipinski definition) is 3. The van der Waals surface area contributed by atoms with Gasteiger partial charge in [-0.3, -0.25) is 4.79 Å². The minimum Gasteiger partial charge on any atom is -0.346 e. The van der Waals surface area contributed by atoms with Gasteiger partial charge in [0.15, 0.2) is 0 Å². The summed E-state index contributed by atoms with van der Waals surface area (Å²) < 4.78 is 0. The van der Waals surface area contributed by atoms with Crippen LogP contribution in [0.1, 0.15) is 31.2 Å². The zero-order valence-corrected chi connectivity index (χ0v) is 14.1. The minimum atomic E-state index is -0.0623. The fraction of sp³-hybridized carbons (Fsp3) is 0.211. The Hall–Kier alpha value is -3.15. The van der Waals surface area contributed by atoms with Gasteiger partial charge in [0.05, 0.1) is 17.5 Å². The Kier molecular flexibility index (Phi) is 3.72. The first-order valence-corrected chi connectivity index (χ1v) is 8.30. The average molecular weight is 333 g/mol. The molecule has 1 aromatic carbocycles. The van der Waals surface area contributed by atoms with Crippen molar-refractivity contribution >= 4 is 33.7 Å². The number of carbonyl (C=O) groups excluding carboxylic acids is 1. The number of hydrogen-bond donors (Lipinski definition) is 3. The monoisotopic (exact) mass is 333 g/mol. The molecule has 3 aromatic heterocycles. The summed E-state index contributed by atoms with van der Waals surface area (Å²) in [7, 11) is 0. The van der Waals surface area contributed by atoms with Gasteiger partial charge in [-0.05, 0) is 35.9 Å². The largest absolute Gasteiger partial charge is 0.346 e. The molecular weight excluding hydrogens is 314 g/mol. The Bertz CT molecular complexity index is 1060. The molecule has 0 fully saturated rings. The van der Waals surface area contributed by atoms with E-state index < -0.39 is 0 Å². The topological polar surface area (TPSA) is 86.5 Å². The maximum absolute atomic E-state index is 12.4. The first kappa shape index (κ1) is 15.4. The number of nitrogens with one attached hydrogen (secondary N) is 3. The Balaban J connectivity index is 1.53. The minimum absolute atomic E-state index is 0.0623. The number of imidazole rings is 1. The van der Waals surface area contributed by atoms with Gasteiger partial charge in [-0.25, -0.2) is 9.97 Å². The summed E-state index contributed by atoms with van der Waals surface area (Å²) in [4.78, 5) is 27.6. The second-order valence-corrected chi connectivity index (χ2v) is 6.45. The molecule has 126 valence electrons. The summed E-state index contributed by atoms with van der Waals surface area (Å²) in [5.41, 5.74) is 4.33. The third kappa shape index (κ3) is 2.98. The quantitative estimate of drug-likeness (QED) is 0.531. The summed E-state index contributed by atoms with van der Waals surface area (Å²) >= 11 is 0. The van der Waals surface area contributed by atoms with Gasteiger partial charge in [-0.2, -0.15) is 0 Å². The first-order chi connectivity index (χ1) is 12.1. The van der Waals surface area contributed by atoms with Crippen LogP contribution < -0.4 is 5.32 Å². The van der Waals surface area contributed by atoms with Crippen LogP contribution in [0.15, 0.2) is 42.7 Å². The van der Waals surface area contributed by atoms with Gasteiger partial charge in [0.2, 0.25) is 5.91 Å². The molecule has 0 aliphatic heterocycles. The van der Waals surface area contributed by atoms with Crippen molar-refractivity contribution < 1.29 is 4.79 Å². The Labute approximate surface area is 144 Å². The molecular formula is C19H19N5O. The van der Waals surface area contributed by atoms with Crippen molar-refractivity contribution in [3.05, 3.63) is 54.1 Å². The van der Waals surface area contributed by atoms with Crippen LogP contribution in [0.3, 0.4) is 0 Å². The highest BCUT2D eigenvalue weighted by molar-refractivity contribution is 5.96. The van der Waals surface area contributed by atoms with Crippen LogP contribution in [0.4, 0.5) is 5.69 Å². The van der Waals surface area contributed by atoms with Crippen LogP contribution in [-0.2, 0) is 11.2 Å². The van der Waals surface area contributed by atoms with E-state index in [0.717, 1.165) is 39.1 Å². The molecule has 0 radical (unpaired) electrons. The summed E-state index contributed by atoms with van der Waals surface area (Å²) in [6.07, 6.45) is 3.86. The van der Waals surface area contributed by atoms with E-state index in [1.165, 1.54) is 0 Å². The second-order valence-electron chi connectivity index (χ2n) is 6.45. The van der Waals surface area contributed by atoms with Crippen LogP contribution in [0, 0.1) is 0 Å². The van der Waals surface area contributed by atoms with Gasteiger partial charge in [-0.15, -0.1) is 0 Å². The lowest BCUT2D eigenvalue weighted by Gasteiger charge is -2.04. The van der Waals surface area contributed by atoms with Gasteiger partial charge in [-0.1, -0.05) is 13.8 Å². The second kappa shape index (κ2) is 6.05. The number of pyridine rings is 1. The van der Waals surface area contributed by atoms with E-state index >= 15 is 0 Å². The number of aromatic amines is 2. The number of rotatable bonds is 4. The molecule has 4 aromatic rings. The number of H-pyrrole nitrogens is 2. The molecule has 0 saturated heterocycles. The van der Waals surface area contributed by atoms with Crippen molar-refractivity contribution in [2.75, 3.05) is 5.32 Å². The van der Waals surface area contributed by atoms with E-state index in [2.05, 4.69) is 39.1 Å². The highest BCUT2D eigenvalue weighted by Gasteiger charge is 2.11. The van der Waals surface area contributed by atoms with Crippen molar-refractivity contribution in [2.24, 2.45) is 0 Å². The lowest BCUT2D eigenvalue weighted by atomic mass is 10.1. The van der Waals surface area contributed by atoms with Gasteiger partial charge in [0, 0.05) is 29.4 Å². The van der Waals surface area contributed by atoms with Crippen molar-refractivity contribution in [3.8, 4) is 0 Å². The maximum atomic E-state index is 12.4. The van der Waals surface area contributed by atoms with Crippen molar-refractivity contribution in [2.45, 2.75) is 26.2 Å². The number of carbonyl (C=O) groups is 1. The van der Waals surface area contributed by atoms with E-state index in [-0.39, 0.29) is 5.91 Å². The Morgan fingerprint density at radius 3 is 3.00 bits per heavy atom. The average Bonchev–Trinajstić information content (AvgIpc) is 3.19. The number of nitrogens with zero attached hydrogens (tertiary/aromatic N) is 2. The number of amides is 1. The summed E-state index contributed by atoms with van der Waals surface area (Å²) in [6, 6.07) is 9.55. The molecule has 0 unspecified atom stereocenters. The molecule has 25 heavy (non-hydrogen) atoms. The fourth-order valence-corrected chi connectivity index (χ4v) is 2.92. The summed E-state index contributed by atoms with van der Waals surface area (Å²) in [5.74, 6) is 1.22. The summed E-state index contributed by atoms with van der Waals surface area (Å²) in [6.45, 7) is 4.19. The molecule has 4 rings (SSSR count). The SMILES string of the molecule is CC(C)c1nc2ccc(NC(=O)Cc3c[nH]c4ncccc34)cc2[nH]1. The highest BCUT2D eigenvalue weighted by Crippen LogP contribution is 2.21. The summed E-state index contributed by atoms with van der Waals surface area (Å²) in [5, 5.41) is 3.93. The smallest absolute Gasteiger partial charge is 0.228 e. The zero-order valence-electron chi connectivity index (χ0n) is 14.1. The fourth-order valence-electron chi connectivity index (χ4n) is 2.92. The zero-order chi connectivity index (χ0) is 17.4. The Morgan fingerprint density at radius 2 is 2.16 bits per heavy atom. The van der Waals surface area contributed by atoms with Crippen LogP contribution in [0.2, 0.25) is 0 Å². The third-order valence-electron chi connectivity index (χ3n) is 4.22. The molecule has 1 amide bonds. The lowest BCUT2D eigenvalue weighted by molar-refractivity contribution is -0.115. The third-order valence-corrected chi connectivity index (χ3v) is 4.22. The molecule has 6 nitrogen and oxygen atoms in total. The Morgan fingerprint density at radius 1 is 1.28 bits per heavy atom. The maximum Gasteiger partial charge on any atom is 0.228 e. The molecule has 0 spiro atoms. The van der Waals surface area contributed by atoms with Crippen LogP contribution >= 0.6 is 0 Å². The van der Waals surface area contributed by atoms with Crippen molar-refractivity contribution in [3.63, 3.8) is 0 Å². The van der Waals surface area contributed by atoms with Crippen molar-refractivity contribution in [1.82, 2.24) is 19.9 Å². The van der Waals surface area contributed by atoms with E-state index in [1.54, 1.807) is 6.20 Å². The predicted molar refractivity (Wildman–Crippen MR) is 98.6 cm³/mol. The van der Waals surface area contributed by atoms with E-state index in [0.29, 0.717) is 12.3 Å². The van der Waals surface area contributed by atoms with Gasteiger partial charge in [0.25, 0.3) is 0 Å². The number of anilines is 1. The molecule has 6 heteroatoms. The molecule has 0 aliphatic carbocycles. The van der Waals surface area contributed by atoms with Gasteiger partial charge >= 0.3 is 0 Å². The first-order valence-electron chi connectivity index (χ1n) is 8.30. The van der Waals surface area contributed by atoms with Crippen LogP contribution in [-0.4, -0.2) is 25.8 Å². The van der Waals surface area contributed by atoms with Crippen LogP contribution in [0.5, 0.6) is 0 Å². The molecule has 3 N–H and O–H groups in total. The number of benzene rings is 1. The van der Waals surface area contributed by atoms with Crippen LogP contribution in [0.25, 0.3) is 22.1 Å². The van der Waals surface area contributed by atoms with Gasteiger partial charge in [0.1, 0.15) is 11.5 Å². The standard InChI is InChI=1S/C19H19N5O/c1-11(2)18-23-15-6-5-13(9-16(15)24-18)22-17(25)8-12-10-21-19-14(12)4-3-7-20-19/h3-7,9-11H,8H2,1-2H3,(H,20,21)(H,22,25)(H,23,24). The van der Waals surface area contributed by atoms with Gasteiger partial charge < -0.3 is 15.3 Å². The predicted octanol–water partition coefficient (Wildman–Crippen LogP) is 3.74. The molecule has 3 heterocycles. The van der Waals surface area contributed by atoms with E-state index in [1.807, 2.05) is 36.5 Å². The lowest BCUT2D eigenvalue weighted by Crippen LogP contribution is -2.14. The number of aromatic nitrogens is 4. The normalized spacial score (nSPS) is 11.5. The molecule has 0 atom stereocenters. The van der Waals surface area contributed by atoms with E-state index in [9.17, 15) is 4.79 Å². The number of fused-ring (bicyclic) bond motifs is 2. The molecule has 0 saturated carbocycles. The highest BCUT2D eigenvalue weighted by atomic mass is 16.1. The molecule has 0 bridgehead atoms. The molecule has 0 aliphatic rings. The van der Waals surface area contributed by atoms with E-state index in [4.69, 9.17) is 0 Å². The van der Waals surface area contributed by atoms with Crippen molar-refractivity contribution in [1.29, 1.82) is 0 Å².